The summed E-state index contributed by atoms with van der Waals surface area (Å²) in [7, 11) is 0. The van der Waals surface area contributed by atoms with Gasteiger partial charge in [-0.1, -0.05) is 84.9 Å². The zero-order valence-corrected chi connectivity index (χ0v) is 19.4. The van der Waals surface area contributed by atoms with Crippen molar-refractivity contribution in [3.63, 3.8) is 0 Å². The van der Waals surface area contributed by atoms with Crippen molar-refractivity contribution < 1.29 is 24.2 Å². The average Bonchev–Trinajstić information content (AvgIpc) is 2.87. The van der Waals surface area contributed by atoms with Crippen molar-refractivity contribution in [2.45, 2.75) is 32.4 Å². The molecule has 0 aliphatic rings. The van der Waals surface area contributed by atoms with Crippen LogP contribution in [0.5, 0.6) is 0 Å². The molecule has 2 atom stereocenters. The summed E-state index contributed by atoms with van der Waals surface area (Å²) in [6.45, 7) is 0.731. The number of nitrogens with two attached hydrogens (primary N) is 1. The predicted octanol–water partition coefficient (Wildman–Crippen LogP) is 3.90. The maximum Gasteiger partial charge on any atom is 0.344 e. The number of esters is 2. The van der Waals surface area contributed by atoms with Crippen molar-refractivity contribution in [3.05, 3.63) is 96.1 Å². The molecule has 0 heterocycles. The molecule has 178 valence electrons. The quantitative estimate of drug-likeness (QED) is 0.420. The summed E-state index contributed by atoms with van der Waals surface area (Å²) in [5.41, 5.74) is 9.21. The number of hydrogen-bond acceptors (Lipinski definition) is 6. The highest BCUT2D eigenvalue weighted by atomic mass is 16.6. The van der Waals surface area contributed by atoms with Gasteiger partial charge in [-0.3, -0.25) is 4.79 Å². The first-order valence-electron chi connectivity index (χ1n) is 11.3. The molecule has 0 saturated heterocycles. The van der Waals surface area contributed by atoms with Crippen molar-refractivity contribution in [1.82, 2.24) is 0 Å². The lowest BCUT2D eigenvalue weighted by atomic mass is 9.83. The van der Waals surface area contributed by atoms with Gasteiger partial charge in [0.1, 0.15) is 6.61 Å². The first-order valence-corrected chi connectivity index (χ1v) is 11.3. The van der Waals surface area contributed by atoms with Gasteiger partial charge in [-0.25, -0.2) is 4.79 Å². The Labute approximate surface area is 200 Å². The van der Waals surface area contributed by atoms with E-state index >= 15 is 0 Å². The van der Waals surface area contributed by atoms with Crippen LogP contribution in [0.25, 0.3) is 11.1 Å². The number of rotatable bonds is 11. The third-order valence-corrected chi connectivity index (χ3v) is 5.68. The van der Waals surface area contributed by atoms with E-state index in [1.54, 1.807) is 6.92 Å². The average molecular weight is 462 g/mol. The topological polar surface area (TPSA) is 98.9 Å². The van der Waals surface area contributed by atoms with Crippen LogP contribution in [0.1, 0.15) is 24.5 Å². The Bertz CT molecular complexity index is 1050. The van der Waals surface area contributed by atoms with Crippen LogP contribution in [0, 0.1) is 5.41 Å². The molecule has 0 aromatic heterocycles. The van der Waals surface area contributed by atoms with Gasteiger partial charge in [-0.05, 0) is 42.0 Å². The molecule has 3 N–H and O–H groups in total. The summed E-state index contributed by atoms with van der Waals surface area (Å²) in [6.07, 6.45) is 0.749. The van der Waals surface area contributed by atoms with Gasteiger partial charge in [0, 0.05) is 6.04 Å². The van der Waals surface area contributed by atoms with E-state index in [0.29, 0.717) is 6.42 Å². The van der Waals surface area contributed by atoms with Gasteiger partial charge < -0.3 is 20.3 Å². The molecule has 6 nitrogen and oxygen atoms in total. The molecule has 0 fully saturated rings. The molecule has 3 rings (SSSR count). The van der Waals surface area contributed by atoms with E-state index in [9.17, 15) is 14.7 Å². The lowest BCUT2D eigenvalue weighted by Gasteiger charge is -2.28. The van der Waals surface area contributed by atoms with E-state index in [1.807, 2.05) is 72.8 Å². The van der Waals surface area contributed by atoms with Crippen molar-refractivity contribution in [2.75, 3.05) is 13.2 Å². The van der Waals surface area contributed by atoms with Crippen LogP contribution in [-0.2, 0) is 32.1 Å². The number of aliphatic hydroxyl groups is 1. The summed E-state index contributed by atoms with van der Waals surface area (Å²) in [4.78, 5) is 24.6. The molecule has 0 bridgehead atoms. The van der Waals surface area contributed by atoms with E-state index in [4.69, 9.17) is 15.2 Å². The molecule has 0 spiro atoms. The minimum Gasteiger partial charge on any atom is -0.458 e. The van der Waals surface area contributed by atoms with E-state index in [0.717, 1.165) is 22.3 Å². The Kier molecular flexibility index (Phi) is 8.96. The molecule has 0 radical (unpaired) electrons. The van der Waals surface area contributed by atoms with Crippen LogP contribution in [0.2, 0.25) is 0 Å². The van der Waals surface area contributed by atoms with Crippen molar-refractivity contribution >= 4 is 11.9 Å². The van der Waals surface area contributed by atoms with Gasteiger partial charge in [-0.15, -0.1) is 0 Å². The third kappa shape index (κ3) is 7.27. The molecular formula is C28H31NO5. The van der Waals surface area contributed by atoms with Gasteiger partial charge in [-0.2, -0.15) is 0 Å². The zero-order valence-electron chi connectivity index (χ0n) is 19.4. The highest BCUT2D eigenvalue weighted by Crippen LogP contribution is 2.26. The van der Waals surface area contributed by atoms with Gasteiger partial charge in [0.05, 0.1) is 12.0 Å². The summed E-state index contributed by atoms with van der Waals surface area (Å²) in [6, 6.07) is 27.0. The van der Waals surface area contributed by atoms with Crippen LogP contribution in [0.4, 0.5) is 0 Å². The molecule has 0 aliphatic heterocycles. The van der Waals surface area contributed by atoms with Crippen molar-refractivity contribution in [1.29, 1.82) is 0 Å². The predicted molar refractivity (Wildman–Crippen MR) is 131 cm³/mol. The smallest absolute Gasteiger partial charge is 0.344 e. The van der Waals surface area contributed by atoms with Crippen LogP contribution in [0.3, 0.4) is 0 Å². The highest BCUT2D eigenvalue weighted by Gasteiger charge is 2.36. The van der Waals surface area contributed by atoms with E-state index in [2.05, 4.69) is 12.1 Å². The first kappa shape index (κ1) is 25.1. The van der Waals surface area contributed by atoms with Gasteiger partial charge in [0.25, 0.3) is 0 Å². The fourth-order valence-corrected chi connectivity index (χ4v) is 3.71. The summed E-state index contributed by atoms with van der Waals surface area (Å²) < 4.78 is 10.3. The number of ether oxygens (including phenoxy) is 2. The Morgan fingerprint density at radius 2 is 1.44 bits per heavy atom. The third-order valence-electron chi connectivity index (χ3n) is 5.68. The van der Waals surface area contributed by atoms with Crippen LogP contribution < -0.4 is 5.73 Å². The van der Waals surface area contributed by atoms with E-state index in [1.165, 1.54) is 0 Å². The monoisotopic (exact) mass is 461 g/mol. The standard InChI is InChI=1S/C28H31NO5/c1-28(20-30,27(32)34-19-26(31)33-18-22-8-4-2-5-9-22)17-25(29)16-21-12-14-24(15-13-21)23-10-6-3-7-11-23/h2-15,25,30H,16-20,29H2,1H3. The maximum absolute atomic E-state index is 12.6. The lowest BCUT2D eigenvalue weighted by Crippen LogP contribution is -2.41. The zero-order chi connectivity index (χ0) is 24.4. The Morgan fingerprint density at radius 1 is 0.853 bits per heavy atom. The van der Waals surface area contributed by atoms with Crippen molar-refractivity contribution in [2.24, 2.45) is 11.1 Å². The SMILES string of the molecule is CC(CO)(CC(N)Cc1ccc(-c2ccccc2)cc1)C(=O)OCC(=O)OCc1ccccc1. The molecule has 0 saturated carbocycles. The van der Waals surface area contributed by atoms with Gasteiger partial charge in [0.15, 0.2) is 6.61 Å². The molecule has 3 aromatic rings. The first-order chi connectivity index (χ1) is 16.4. The van der Waals surface area contributed by atoms with E-state index in [-0.39, 0.29) is 19.1 Å². The number of hydrogen-bond donors (Lipinski definition) is 2. The second-order valence-corrected chi connectivity index (χ2v) is 8.67. The molecule has 2 unspecified atom stereocenters. The Hall–Kier alpha value is -3.48. The van der Waals surface area contributed by atoms with Gasteiger partial charge in [0.2, 0.25) is 0 Å². The van der Waals surface area contributed by atoms with Crippen LogP contribution >= 0.6 is 0 Å². The fraction of sp³-hybridized carbons (Fsp3) is 0.286. The molecule has 34 heavy (non-hydrogen) atoms. The minimum absolute atomic E-state index is 0.0996. The number of benzene rings is 3. The Balaban J connectivity index is 1.48. The van der Waals surface area contributed by atoms with Crippen LogP contribution in [0.15, 0.2) is 84.9 Å². The molecule has 0 aliphatic carbocycles. The largest absolute Gasteiger partial charge is 0.458 e. The Morgan fingerprint density at radius 3 is 2.06 bits per heavy atom. The number of carbonyl (C=O) groups is 2. The highest BCUT2D eigenvalue weighted by molar-refractivity contribution is 5.80. The van der Waals surface area contributed by atoms with E-state index < -0.39 is 30.6 Å². The number of aliphatic hydroxyl groups excluding tert-OH is 1. The minimum atomic E-state index is -1.22. The summed E-state index contributed by atoms with van der Waals surface area (Å²) >= 11 is 0. The molecule has 6 heteroatoms. The van der Waals surface area contributed by atoms with Crippen LogP contribution in [-0.4, -0.2) is 36.3 Å². The normalized spacial score (nSPS) is 13.5. The fourth-order valence-electron chi connectivity index (χ4n) is 3.71. The maximum atomic E-state index is 12.6. The summed E-state index contributed by atoms with van der Waals surface area (Å²) in [5.74, 6) is -1.33. The second kappa shape index (κ2) is 12.1. The van der Waals surface area contributed by atoms with Crippen molar-refractivity contribution in [3.8, 4) is 11.1 Å². The molecule has 0 amide bonds. The molecular weight excluding hydrogens is 430 g/mol. The van der Waals surface area contributed by atoms with Gasteiger partial charge >= 0.3 is 11.9 Å². The second-order valence-electron chi connectivity index (χ2n) is 8.67. The summed E-state index contributed by atoms with van der Waals surface area (Å²) in [5, 5.41) is 9.88. The number of carbonyl (C=O) groups excluding carboxylic acids is 2. The lowest BCUT2D eigenvalue weighted by molar-refractivity contribution is -0.167. The molecule has 3 aromatic carbocycles.